The summed E-state index contributed by atoms with van der Waals surface area (Å²) in [6.07, 6.45) is -4.50. The average Bonchev–Trinajstić information content (AvgIpc) is 2.92. The predicted octanol–water partition coefficient (Wildman–Crippen LogP) is 5.36. The number of carbonyl (C=O) groups is 1. The summed E-state index contributed by atoms with van der Waals surface area (Å²) in [4.78, 5) is 12.0. The van der Waals surface area contributed by atoms with Crippen LogP contribution in [-0.2, 0) is 10.9 Å². The van der Waals surface area contributed by atoms with E-state index in [1.165, 1.54) is 17.5 Å². The highest BCUT2D eigenvalue weighted by Crippen LogP contribution is 2.33. The Bertz CT molecular complexity index is 713. The first-order chi connectivity index (χ1) is 10.6. The summed E-state index contributed by atoms with van der Waals surface area (Å²) in [5.41, 5.74) is -0.621. The van der Waals surface area contributed by atoms with Crippen LogP contribution in [0.15, 0.2) is 29.6 Å². The Hall–Kier alpha value is -1.02. The van der Waals surface area contributed by atoms with E-state index in [2.05, 4.69) is 4.37 Å². The molecule has 0 bridgehead atoms. The van der Waals surface area contributed by atoms with Gasteiger partial charge >= 0.3 is 12.1 Å². The van der Waals surface area contributed by atoms with Crippen molar-refractivity contribution in [1.82, 2.24) is 4.37 Å². The molecule has 0 amide bonds. The van der Waals surface area contributed by atoms with Gasteiger partial charge in [-0.25, -0.2) is 4.79 Å². The van der Waals surface area contributed by atoms with Crippen LogP contribution in [0.4, 0.5) is 13.2 Å². The standard InChI is InChI=1S/C13H7Cl3F3NO2S/c14-12(15,16)6-22-11(21)9-5-23-20-10(9)7-2-1-3-8(4-7)13(17,18)19/h1-5H,6H2. The molecule has 0 fully saturated rings. The molecule has 0 N–H and O–H groups in total. The highest BCUT2D eigenvalue weighted by molar-refractivity contribution is 7.04. The summed E-state index contributed by atoms with van der Waals surface area (Å²) < 4.78 is 45.3. The average molecular weight is 405 g/mol. The van der Waals surface area contributed by atoms with E-state index < -0.39 is 28.1 Å². The Kier molecular flexibility index (Phi) is 5.45. The van der Waals surface area contributed by atoms with Crippen molar-refractivity contribution in [1.29, 1.82) is 0 Å². The molecule has 0 aliphatic carbocycles. The lowest BCUT2D eigenvalue weighted by atomic mass is 10.1. The van der Waals surface area contributed by atoms with Crippen LogP contribution in [0.25, 0.3) is 11.3 Å². The summed E-state index contributed by atoms with van der Waals surface area (Å²) in [5.74, 6) is -0.836. The summed E-state index contributed by atoms with van der Waals surface area (Å²) in [6.45, 7) is -0.492. The maximum atomic E-state index is 12.8. The second-order valence-corrected chi connectivity index (χ2v) is 7.49. The van der Waals surface area contributed by atoms with Crippen molar-refractivity contribution in [2.75, 3.05) is 6.61 Å². The molecule has 2 rings (SSSR count). The largest absolute Gasteiger partial charge is 0.457 e. The number of carbonyl (C=O) groups excluding carboxylic acids is 1. The topological polar surface area (TPSA) is 39.2 Å². The van der Waals surface area contributed by atoms with Gasteiger partial charge in [0, 0.05) is 10.9 Å². The first-order valence-electron chi connectivity index (χ1n) is 5.94. The number of alkyl halides is 6. The van der Waals surface area contributed by atoms with Gasteiger partial charge in [0.25, 0.3) is 0 Å². The van der Waals surface area contributed by atoms with E-state index in [1.54, 1.807) is 0 Å². The van der Waals surface area contributed by atoms with E-state index in [1.807, 2.05) is 0 Å². The number of hydrogen-bond acceptors (Lipinski definition) is 4. The number of rotatable bonds is 3. The van der Waals surface area contributed by atoms with Crippen molar-refractivity contribution in [3.8, 4) is 11.3 Å². The van der Waals surface area contributed by atoms with Crippen molar-refractivity contribution in [3.63, 3.8) is 0 Å². The molecule has 10 heteroatoms. The summed E-state index contributed by atoms with van der Waals surface area (Å²) in [5, 5.41) is 1.36. The lowest BCUT2D eigenvalue weighted by Gasteiger charge is -2.11. The summed E-state index contributed by atoms with van der Waals surface area (Å²) >= 11 is 17.4. The molecular weight excluding hydrogens is 398 g/mol. The molecule has 0 spiro atoms. The van der Waals surface area contributed by atoms with Crippen LogP contribution in [0.3, 0.4) is 0 Å². The van der Waals surface area contributed by atoms with Crippen LogP contribution in [0, 0.1) is 0 Å². The Morgan fingerprint density at radius 3 is 2.57 bits per heavy atom. The van der Waals surface area contributed by atoms with E-state index in [-0.39, 0.29) is 16.8 Å². The van der Waals surface area contributed by atoms with Gasteiger partial charge in [0.1, 0.15) is 6.61 Å². The first kappa shape index (κ1) is 18.3. The Balaban J connectivity index is 2.30. The number of halogens is 6. The molecule has 0 atom stereocenters. The van der Waals surface area contributed by atoms with Crippen molar-refractivity contribution in [2.24, 2.45) is 0 Å². The molecule has 0 saturated heterocycles. The number of benzene rings is 1. The second kappa shape index (κ2) is 6.84. The fourth-order valence-corrected chi connectivity index (χ4v) is 2.50. The fraction of sp³-hybridized carbons (Fsp3) is 0.231. The highest BCUT2D eigenvalue weighted by Gasteiger charge is 2.31. The van der Waals surface area contributed by atoms with E-state index in [0.717, 1.165) is 23.7 Å². The first-order valence-corrected chi connectivity index (χ1v) is 7.91. The van der Waals surface area contributed by atoms with E-state index in [4.69, 9.17) is 39.5 Å². The molecule has 0 aliphatic rings. The Morgan fingerprint density at radius 2 is 1.96 bits per heavy atom. The third-order valence-electron chi connectivity index (χ3n) is 2.62. The van der Waals surface area contributed by atoms with Gasteiger partial charge in [0.05, 0.1) is 16.8 Å². The zero-order chi connectivity index (χ0) is 17.3. The summed E-state index contributed by atoms with van der Waals surface area (Å²) in [6, 6.07) is 4.47. The second-order valence-electron chi connectivity index (χ2n) is 4.35. The van der Waals surface area contributed by atoms with Crippen LogP contribution >= 0.6 is 46.3 Å². The lowest BCUT2D eigenvalue weighted by Crippen LogP contribution is -2.17. The molecule has 0 unspecified atom stereocenters. The van der Waals surface area contributed by atoms with Gasteiger partial charge in [-0.3, -0.25) is 0 Å². The Labute approximate surface area is 148 Å². The van der Waals surface area contributed by atoms with Gasteiger partial charge in [0.15, 0.2) is 0 Å². The minimum atomic E-state index is -4.50. The van der Waals surface area contributed by atoms with Crippen LogP contribution in [0.2, 0.25) is 0 Å². The number of esters is 1. The van der Waals surface area contributed by atoms with Crippen molar-refractivity contribution in [2.45, 2.75) is 9.97 Å². The molecule has 2 aromatic rings. The van der Waals surface area contributed by atoms with Crippen molar-refractivity contribution >= 4 is 52.3 Å². The minimum Gasteiger partial charge on any atom is -0.457 e. The molecule has 0 radical (unpaired) electrons. The molecule has 1 aromatic carbocycles. The summed E-state index contributed by atoms with van der Waals surface area (Å²) in [7, 11) is 0. The monoisotopic (exact) mass is 403 g/mol. The zero-order valence-electron chi connectivity index (χ0n) is 11.0. The zero-order valence-corrected chi connectivity index (χ0v) is 14.1. The molecule has 1 heterocycles. The third kappa shape index (κ3) is 4.97. The quantitative estimate of drug-likeness (QED) is 0.511. The number of nitrogens with zero attached hydrogens (tertiary/aromatic N) is 1. The van der Waals surface area contributed by atoms with Gasteiger partial charge in [-0.1, -0.05) is 46.9 Å². The van der Waals surface area contributed by atoms with Crippen LogP contribution in [-0.4, -0.2) is 20.7 Å². The molecule has 0 aliphatic heterocycles. The SMILES string of the molecule is O=C(OCC(Cl)(Cl)Cl)c1csnc1-c1cccc(C(F)(F)F)c1. The van der Waals surface area contributed by atoms with E-state index in [0.29, 0.717) is 0 Å². The Morgan fingerprint density at radius 1 is 1.26 bits per heavy atom. The molecule has 3 nitrogen and oxygen atoms in total. The minimum absolute atomic E-state index is 0.00331. The fourth-order valence-electron chi connectivity index (χ4n) is 1.66. The predicted molar refractivity (Wildman–Crippen MR) is 83.1 cm³/mol. The van der Waals surface area contributed by atoms with Gasteiger partial charge in [0.2, 0.25) is 3.79 Å². The number of ether oxygens (including phenoxy) is 1. The van der Waals surface area contributed by atoms with E-state index >= 15 is 0 Å². The van der Waals surface area contributed by atoms with Crippen molar-refractivity contribution in [3.05, 3.63) is 40.8 Å². The molecular formula is C13H7Cl3F3NO2S. The third-order valence-corrected chi connectivity index (χ3v) is 3.58. The lowest BCUT2D eigenvalue weighted by molar-refractivity contribution is -0.137. The molecule has 124 valence electrons. The highest BCUT2D eigenvalue weighted by atomic mass is 35.6. The van der Waals surface area contributed by atoms with Crippen molar-refractivity contribution < 1.29 is 22.7 Å². The molecule has 23 heavy (non-hydrogen) atoms. The van der Waals surface area contributed by atoms with Crippen LogP contribution in [0.1, 0.15) is 15.9 Å². The van der Waals surface area contributed by atoms with Gasteiger partial charge in [-0.15, -0.1) is 0 Å². The normalized spacial score (nSPS) is 12.3. The van der Waals surface area contributed by atoms with Crippen LogP contribution < -0.4 is 0 Å². The van der Waals surface area contributed by atoms with Gasteiger partial charge < -0.3 is 4.74 Å². The molecule has 0 saturated carbocycles. The van der Waals surface area contributed by atoms with E-state index in [9.17, 15) is 18.0 Å². The number of hydrogen-bond donors (Lipinski definition) is 0. The number of aromatic nitrogens is 1. The van der Waals surface area contributed by atoms with Gasteiger partial charge in [-0.05, 0) is 23.7 Å². The smallest absolute Gasteiger partial charge is 0.416 e. The maximum absolute atomic E-state index is 12.8. The van der Waals surface area contributed by atoms with Gasteiger partial charge in [-0.2, -0.15) is 17.5 Å². The maximum Gasteiger partial charge on any atom is 0.416 e. The molecule has 1 aromatic heterocycles. The van der Waals surface area contributed by atoms with Crippen LogP contribution in [0.5, 0.6) is 0 Å².